The van der Waals surface area contributed by atoms with Crippen molar-refractivity contribution in [3.8, 4) is 17.3 Å². The van der Waals surface area contributed by atoms with E-state index >= 15 is 0 Å². The Balaban J connectivity index is 1.69. The number of rotatable bonds is 6. The number of methoxy groups -OCH3 is 1. The number of alkyl halides is 2. The van der Waals surface area contributed by atoms with Crippen molar-refractivity contribution < 1.29 is 23.0 Å². The highest BCUT2D eigenvalue weighted by Gasteiger charge is 2.39. The Morgan fingerprint density at radius 3 is 2.80 bits per heavy atom. The van der Waals surface area contributed by atoms with Crippen molar-refractivity contribution in [2.75, 3.05) is 25.6 Å². The summed E-state index contributed by atoms with van der Waals surface area (Å²) in [5.74, 6) is 0.0794. The first-order valence-electron chi connectivity index (χ1n) is 11.4. The van der Waals surface area contributed by atoms with Crippen molar-refractivity contribution in [2.45, 2.75) is 44.3 Å². The molecule has 4 heterocycles. The van der Waals surface area contributed by atoms with Gasteiger partial charge < -0.3 is 19.4 Å². The summed E-state index contributed by atoms with van der Waals surface area (Å²) in [6.07, 6.45) is 2.76. The van der Waals surface area contributed by atoms with Gasteiger partial charge in [0.05, 0.1) is 41.7 Å². The van der Waals surface area contributed by atoms with Crippen molar-refractivity contribution in [3.05, 3.63) is 41.9 Å². The van der Waals surface area contributed by atoms with Gasteiger partial charge in [-0.25, -0.2) is 18.7 Å². The van der Waals surface area contributed by atoms with E-state index in [-0.39, 0.29) is 30.0 Å². The van der Waals surface area contributed by atoms with Crippen LogP contribution in [0.5, 0.6) is 0 Å². The summed E-state index contributed by atoms with van der Waals surface area (Å²) < 4.78 is 41.2. The van der Waals surface area contributed by atoms with E-state index in [0.717, 1.165) is 10.9 Å². The van der Waals surface area contributed by atoms with Crippen LogP contribution in [0.1, 0.15) is 49.9 Å². The second kappa shape index (κ2) is 8.98. The summed E-state index contributed by atoms with van der Waals surface area (Å²) in [4.78, 5) is 20.8. The number of nitrogens with zero attached hydrogens (tertiary/aromatic N) is 4. The van der Waals surface area contributed by atoms with Gasteiger partial charge in [0.1, 0.15) is 11.4 Å². The predicted molar refractivity (Wildman–Crippen MR) is 124 cm³/mol. The molecule has 2 fully saturated rings. The standard InChI is InChI=1S/C25H25F2N5O3/c1-14(33)30-23-9-18-19(12-32(21(18)11-29-23)17-5-15(6-17)10-28)20-7-16(24(26)27)8-22(31-20)25(34-2)3-4-35-13-25/h7-9,11-12,15,17,24H,3-6,13H2,1-2H3,(H,29,30,33)/t15-,17+,25-/m0/s1. The van der Waals surface area contributed by atoms with Gasteiger partial charge in [-0.3, -0.25) is 4.79 Å². The van der Waals surface area contributed by atoms with Crippen molar-refractivity contribution in [1.29, 1.82) is 5.26 Å². The number of aromatic nitrogens is 3. The number of hydrogen-bond donors (Lipinski definition) is 1. The van der Waals surface area contributed by atoms with Gasteiger partial charge >= 0.3 is 0 Å². The molecule has 3 aromatic heterocycles. The van der Waals surface area contributed by atoms with E-state index in [0.29, 0.717) is 48.6 Å². The van der Waals surface area contributed by atoms with Crippen LogP contribution in [0, 0.1) is 17.2 Å². The number of halogens is 2. The van der Waals surface area contributed by atoms with Gasteiger partial charge in [-0.1, -0.05) is 0 Å². The molecule has 1 aliphatic heterocycles. The van der Waals surface area contributed by atoms with Crippen LogP contribution >= 0.6 is 0 Å². The number of carbonyl (C=O) groups excluding carboxylic acids is 1. The van der Waals surface area contributed by atoms with Gasteiger partial charge in [0.25, 0.3) is 6.43 Å². The molecule has 1 saturated heterocycles. The van der Waals surface area contributed by atoms with Crippen LogP contribution in [0.25, 0.3) is 22.2 Å². The van der Waals surface area contributed by atoms with Crippen LogP contribution < -0.4 is 5.32 Å². The first-order valence-corrected chi connectivity index (χ1v) is 11.4. The van der Waals surface area contributed by atoms with E-state index in [4.69, 9.17) is 14.5 Å². The molecule has 1 aliphatic carbocycles. The van der Waals surface area contributed by atoms with Crippen LogP contribution in [0.2, 0.25) is 0 Å². The average Bonchev–Trinajstić information content (AvgIpc) is 3.44. The molecule has 3 aromatic rings. The van der Waals surface area contributed by atoms with Gasteiger partial charge in [-0.2, -0.15) is 5.26 Å². The molecule has 1 atom stereocenters. The number of carbonyl (C=O) groups is 1. The fourth-order valence-corrected chi connectivity index (χ4v) is 4.89. The van der Waals surface area contributed by atoms with Crippen LogP contribution in [-0.2, 0) is 19.9 Å². The topological polar surface area (TPSA) is 102 Å². The predicted octanol–water partition coefficient (Wildman–Crippen LogP) is 4.73. The summed E-state index contributed by atoms with van der Waals surface area (Å²) in [7, 11) is 1.53. The second-order valence-corrected chi connectivity index (χ2v) is 9.14. The fourth-order valence-electron chi connectivity index (χ4n) is 4.89. The molecule has 182 valence electrons. The van der Waals surface area contributed by atoms with E-state index in [1.54, 1.807) is 12.3 Å². The molecule has 1 amide bonds. The number of amides is 1. The number of nitrogens with one attached hydrogen (secondary N) is 1. The zero-order valence-electron chi connectivity index (χ0n) is 19.4. The smallest absolute Gasteiger partial charge is 0.263 e. The lowest BCUT2D eigenvalue weighted by Crippen LogP contribution is -2.30. The van der Waals surface area contributed by atoms with E-state index in [2.05, 4.69) is 16.4 Å². The van der Waals surface area contributed by atoms with Crippen LogP contribution in [0.3, 0.4) is 0 Å². The maximum Gasteiger partial charge on any atom is 0.263 e. The number of anilines is 1. The SMILES string of the molecule is CO[C@@]1(c2cc(C(F)F)cc(-c3cn([C@H]4C[C@@H](C#N)C4)c4cnc(NC(C)=O)cc34)n2)CCOC1. The lowest BCUT2D eigenvalue weighted by Gasteiger charge is -2.32. The highest BCUT2D eigenvalue weighted by atomic mass is 19.3. The summed E-state index contributed by atoms with van der Waals surface area (Å²) in [6, 6.07) is 6.89. The summed E-state index contributed by atoms with van der Waals surface area (Å²) >= 11 is 0. The van der Waals surface area contributed by atoms with Crippen LogP contribution in [0.4, 0.5) is 14.6 Å². The fraction of sp³-hybridized carbons (Fsp3) is 0.440. The normalized spacial score (nSPS) is 23.9. The summed E-state index contributed by atoms with van der Waals surface area (Å²) in [6.45, 7) is 2.08. The molecule has 0 aromatic carbocycles. The van der Waals surface area contributed by atoms with E-state index in [9.17, 15) is 18.8 Å². The van der Waals surface area contributed by atoms with E-state index in [1.807, 2.05) is 10.8 Å². The molecule has 8 nitrogen and oxygen atoms in total. The molecule has 35 heavy (non-hydrogen) atoms. The molecule has 0 bridgehead atoms. The summed E-state index contributed by atoms with van der Waals surface area (Å²) in [5, 5.41) is 12.6. The number of nitriles is 1. The van der Waals surface area contributed by atoms with Crippen molar-refractivity contribution >= 4 is 22.6 Å². The molecule has 0 unspecified atom stereocenters. The van der Waals surface area contributed by atoms with Gasteiger partial charge in [0, 0.05) is 55.8 Å². The molecule has 0 spiro atoms. The Labute approximate surface area is 200 Å². The zero-order valence-corrected chi connectivity index (χ0v) is 19.4. The molecule has 10 heteroatoms. The summed E-state index contributed by atoms with van der Waals surface area (Å²) in [5.41, 5.74) is 1.15. The first-order chi connectivity index (χ1) is 16.8. The minimum Gasteiger partial charge on any atom is -0.378 e. The highest BCUT2D eigenvalue weighted by molar-refractivity contribution is 5.98. The van der Waals surface area contributed by atoms with Crippen LogP contribution in [0.15, 0.2) is 30.6 Å². The Morgan fingerprint density at radius 2 is 2.17 bits per heavy atom. The third-order valence-corrected chi connectivity index (χ3v) is 6.93. The minimum absolute atomic E-state index is 0.0108. The minimum atomic E-state index is -2.69. The van der Waals surface area contributed by atoms with Crippen molar-refractivity contribution in [3.63, 3.8) is 0 Å². The number of pyridine rings is 2. The molecule has 5 rings (SSSR count). The lowest BCUT2D eigenvalue weighted by molar-refractivity contribution is -0.114. The molecule has 1 N–H and O–H groups in total. The lowest BCUT2D eigenvalue weighted by atomic mass is 9.81. The number of hydrogen-bond acceptors (Lipinski definition) is 6. The number of fused-ring (bicyclic) bond motifs is 1. The first kappa shape index (κ1) is 23.3. The van der Waals surface area contributed by atoms with Gasteiger partial charge in [-0.05, 0) is 31.0 Å². The maximum absolute atomic E-state index is 14.0. The highest BCUT2D eigenvalue weighted by Crippen LogP contribution is 2.43. The van der Waals surface area contributed by atoms with Crippen molar-refractivity contribution in [2.24, 2.45) is 5.92 Å². The quantitative estimate of drug-likeness (QED) is 0.546. The van der Waals surface area contributed by atoms with Gasteiger partial charge in [-0.15, -0.1) is 0 Å². The monoisotopic (exact) mass is 481 g/mol. The van der Waals surface area contributed by atoms with Crippen molar-refractivity contribution in [1.82, 2.24) is 14.5 Å². The molecule has 1 saturated carbocycles. The molecular formula is C25H25F2N5O3. The third-order valence-electron chi connectivity index (χ3n) is 6.93. The largest absolute Gasteiger partial charge is 0.378 e. The average molecular weight is 482 g/mol. The molecule has 2 aliphatic rings. The maximum atomic E-state index is 14.0. The zero-order chi connectivity index (χ0) is 24.7. The van der Waals surface area contributed by atoms with E-state index < -0.39 is 12.0 Å². The third kappa shape index (κ3) is 4.15. The van der Waals surface area contributed by atoms with Crippen LogP contribution in [-0.4, -0.2) is 40.8 Å². The second-order valence-electron chi connectivity index (χ2n) is 9.14. The Bertz CT molecular complexity index is 1320. The Kier molecular flexibility index (Phi) is 5.99. The Morgan fingerprint density at radius 1 is 1.37 bits per heavy atom. The number of ether oxygens (including phenoxy) is 2. The van der Waals surface area contributed by atoms with Gasteiger partial charge in [0.2, 0.25) is 5.91 Å². The Hall–Kier alpha value is -3.42. The van der Waals surface area contributed by atoms with E-state index in [1.165, 1.54) is 26.2 Å². The molecular weight excluding hydrogens is 456 g/mol. The van der Waals surface area contributed by atoms with Gasteiger partial charge in [0.15, 0.2) is 0 Å². The molecule has 0 radical (unpaired) electrons.